The van der Waals surface area contributed by atoms with E-state index in [9.17, 15) is 0 Å². The largest absolute Gasteiger partial charge is 0.381 e. The Morgan fingerprint density at radius 2 is 1.71 bits per heavy atom. The van der Waals surface area contributed by atoms with Gasteiger partial charge in [0, 0.05) is 42.3 Å². The summed E-state index contributed by atoms with van der Waals surface area (Å²) in [6.07, 6.45) is 12.5. The summed E-state index contributed by atoms with van der Waals surface area (Å²) in [5.74, 6) is 0.587. The first-order valence-corrected chi connectivity index (χ1v) is 12.8. The summed E-state index contributed by atoms with van der Waals surface area (Å²) in [7, 11) is 2.19. The fourth-order valence-electron chi connectivity index (χ4n) is 5.94. The zero-order chi connectivity index (χ0) is 23.9. The van der Waals surface area contributed by atoms with Gasteiger partial charge >= 0.3 is 0 Å². The number of aromatic amines is 1. The van der Waals surface area contributed by atoms with Crippen LogP contribution in [0.1, 0.15) is 54.3 Å². The fourth-order valence-corrected chi connectivity index (χ4v) is 5.94. The highest BCUT2D eigenvalue weighted by Crippen LogP contribution is 2.35. The lowest BCUT2D eigenvalue weighted by atomic mass is 9.84. The average molecular weight is 471 g/mol. The molecule has 35 heavy (non-hydrogen) atoms. The van der Waals surface area contributed by atoms with Crippen molar-refractivity contribution in [3.63, 3.8) is 0 Å². The molecule has 182 valence electrons. The van der Waals surface area contributed by atoms with Crippen molar-refractivity contribution >= 4 is 11.2 Å². The number of hydrogen-bond donors (Lipinski definition) is 1. The molecule has 0 bridgehead atoms. The highest BCUT2D eigenvalue weighted by Gasteiger charge is 2.22. The molecule has 6 rings (SSSR count). The molecule has 2 fully saturated rings. The SMILES string of the molecule is Cc1cc(-c2cnc3[nH]cc(-c4cnn(C5CCN(C)CC5)c4)c3n2)cc(C)c1C1CCOCC1. The van der Waals surface area contributed by atoms with E-state index in [-0.39, 0.29) is 0 Å². The first kappa shape index (κ1) is 22.4. The molecule has 2 saturated heterocycles. The molecule has 0 saturated carbocycles. The minimum absolute atomic E-state index is 0.465. The zero-order valence-corrected chi connectivity index (χ0v) is 20.9. The summed E-state index contributed by atoms with van der Waals surface area (Å²) in [4.78, 5) is 15.5. The Morgan fingerprint density at radius 1 is 0.971 bits per heavy atom. The van der Waals surface area contributed by atoms with E-state index >= 15 is 0 Å². The van der Waals surface area contributed by atoms with E-state index in [4.69, 9.17) is 19.8 Å². The monoisotopic (exact) mass is 470 g/mol. The number of aryl methyl sites for hydroxylation is 2. The van der Waals surface area contributed by atoms with Crippen LogP contribution in [-0.4, -0.2) is 63.0 Å². The first-order valence-electron chi connectivity index (χ1n) is 12.8. The van der Waals surface area contributed by atoms with Gasteiger partial charge in [-0.1, -0.05) is 0 Å². The van der Waals surface area contributed by atoms with Crippen molar-refractivity contribution < 1.29 is 4.74 Å². The molecular formula is C28H34N6O. The summed E-state index contributed by atoms with van der Waals surface area (Å²) in [6, 6.07) is 5.02. The van der Waals surface area contributed by atoms with Crippen LogP contribution in [0.2, 0.25) is 0 Å². The third-order valence-corrected chi connectivity index (χ3v) is 7.87. The minimum Gasteiger partial charge on any atom is -0.381 e. The Kier molecular flexibility index (Phi) is 5.90. The standard InChI is InChI=1S/C28H34N6O/c1-18-12-21(13-19(2)26(18)20-6-10-35-11-7-20)25-16-30-28-27(32-25)24(15-29-28)22-14-31-34(17-22)23-4-8-33(3)9-5-23/h12-17,20,23H,4-11H2,1-3H3,(H,29,30). The summed E-state index contributed by atoms with van der Waals surface area (Å²) >= 11 is 0. The molecule has 1 aromatic carbocycles. The van der Waals surface area contributed by atoms with Crippen LogP contribution in [0.5, 0.6) is 0 Å². The maximum absolute atomic E-state index is 5.59. The van der Waals surface area contributed by atoms with Gasteiger partial charge in [0.05, 0.1) is 24.1 Å². The normalized spacial score (nSPS) is 18.5. The molecule has 0 spiro atoms. The molecule has 1 N–H and O–H groups in total. The number of rotatable bonds is 4. The zero-order valence-electron chi connectivity index (χ0n) is 20.9. The third-order valence-electron chi connectivity index (χ3n) is 7.87. The summed E-state index contributed by atoms with van der Waals surface area (Å²) < 4.78 is 7.72. The molecule has 0 radical (unpaired) electrons. The van der Waals surface area contributed by atoms with Crippen LogP contribution in [0.3, 0.4) is 0 Å². The van der Waals surface area contributed by atoms with Gasteiger partial charge in [0.1, 0.15) is 5.52 Å². The van der Waals surface area contributed by atoms with Crippen molar-refractivity contribution in [1.82, 2.24) is 29.6 Å². The molecule has 0 unspecified atom stereocenters. The molecule has 2 aliphatic heterocycles. The Labute approximate surface area is 206 Å². The molecule has 0 aliphatic carbocycles. The van der Waals surface area contributed by atoms with Crippen LogP contribution in [0, 0.1) is 13.8 Å². The van der Waals surface area contributed by atoms with Gasteiger partial charge in [-0.15, -0.1) is 0 Å². The van der Waals surface area contributed by atoms with Crippen molar-refractivity contribution in [3.8, 4) is 22.4 Å². The first-order chi connectivity index (χ1) is 17.1. The van der Waals surface area contributed by atoms with Crippen molar-refractivity contribution in [2.75, 3.05) is 33.4 Å². The number of ether oxygens (including phenoxy) is 1. The number of H-pyrrole nitrogens is 1. The second-order valence-electron chi connectivity index (χ2n) is 10.3. The molecule has 2 aliphatic rings. The topological polar surface area (TPSA) is 71.9 Å². The van der Waals surface area contributed by atoms with Gasteiger partial charge in [0.25, 0.3) is 0 Å². The van der Waals surface area contributed by atoms with Crippen molar-refractivity contribution in [3.05, 3.63) is 53.6 Å². The smallest absolute Gasteiger partial charge is 0.156 e. The van der Waals surface area contributed by atoms with Crippen LogP contribution in [0.15, 0.2) is 36.9 Å². The second kappa shape index (κ2) is 9.21. The highest BCUT2D eigenvalue weighted by molar-refractivity contribution is 5.91. The molecule has 3 aromatic heterocycles. The number of nitrogens with zero attached hydrogens (tertiary/aromatic N) is 5. The van der Waals surface area contributed by atoms with E-state index in [0.717, 1.165) is 85.5 Å². The molecular weight excluding hydrogens is 436 g/mol. The van der Waals surface area contributed by atoms with E-state index in [1.807, 2.05) is 18.6 Å². The van der Waals surface area contributed by atoms with Gasteiger partial charge < -0.3 is 14.6 Å². The molecule has 7 heteroatoms. The van der Waals surface area contributed by atoms with Gasteiger partial charge in [-0.25, -0.2) is 9.97 Å². The van der Waals surface area contributed by atoms with E-state index < -0.39 is 0 Å². The molecule has 7 nitrogen and oxygen atoms in total. The number of piperidine rings is 1. The predicted molar refractivity (Wildman–Crippen MR) is 139 cm³/mol. The van der Waals surface area contributed by atoms with Crippen LogP contribution in [0.25, 0.3) is 33.5 Å². The van der Waals surface area contributed by atoms with Gasteiger partial charge in [-0.3, -0.25) is 4.68 Å². The minimum atomic E-state index is 0.465. The van der Waals surface area contributed by atoms with Crippen LogP contribution in [0.4, 0.5) is 0 Å². The Balaban J connectivity index is 1.32. The molecule has 0 amide bonds. The van der Waals surface area contributed by atoms with Gasteiger partial charge in [-0.2, -0.15) is 5.10 Å². The summed E-state index contributed by atoms with van der Waals surface area (Å²) in [6.45, 7) is 8.41. The maximum Gasteiger partial charge on any atom is 0.156 e. The maximum atomic E-state index is 5.59. The van der Waals surface area contributed by atoms with Gasteiger partial charge in [0.15, 0.2) is 5.65 Å². The lowest BCUT2D eigenvalue weighted by molar-refractivity contribution is 0.0851. The quantitative estimate of drug-likeness (QED) is 0.440. The summed E-state index contributed by atoms with van der Waals surface area (Å²) in [5.41, 5.74) is 10.0. The number of hydrogen-bond acceptors (Lipinski definition) is 5. The third kappa shape index (κ3) is 4.28. The number of nitrogens with one attached hydrogen (secondary N) is 1. The van der Waals surface area contributed by atoms with E-state index in [1.54, 1.807) is 0 Å². The highest BCUT2D eigenvalue weighted by atomic mass is 16.5. The van der Waals surface area contributed by atoms with Crippen molar-refractivity contribution in [2.45, 2.75) is 51.5 Å². The second-order valence-corrected chi connectivity index (χ2v) is 10.3. The van der Waals surface area contributed by atoms with Crippen LogP contribution >= 0.6 is 0 Å². The van der Waals surface area contributed by atoms with Gasteiger partial charge in [0.2, 0.25) is 0 Å². The molecule has 4 aromatic rings. The Bertz CT molecular complexity index is 1320. The predicted octanol–water partition coefficient (Wildman–Crippen LogP) is 5.27. The lowest BCUT2D eigenvalue weighted by Crippen LogP contribution is -2.31. The van der Waals surface area contributed by atoms with E-state index in [2.05, 4.69) is 53.8 Å². The van der Waals surface area contributed by atoms with Gasteiger partial charge in [-0.05, 0) is 94.4 Å². The number of aromatic nitrogens is 5. The van der Waals surface area contributed by atoms with Crippen LogP contribution < -0.4 is 0 Å². The average Bonchev–Trinajstić information content (AvgIpc) is 3.51. The van der Waals surface area contributed by atoms with E-state index in [1.165, 1.54) is 16.7 Å². The van der Waals surface area contributed by atoms with Crippen molar-refractivity contribution in [1.29, 1.82) is 0 Å². The van der Waals surface area contributed by atoms with Crippen molar-refractivity contribution in [2.24, 2.45) is 0 Å². The molecule has 5 heterocycles. The number of fused-ring (bicyclic) bond motifs is 1. The van der Waals surface area contributed by atoms with E-state index in [0.29, 0.717) is 12.0 Å². The number of benzene rings is 1. The Morgan fingerprint density at radius 3 is 2.46 bits per heavy atom. The number of likely N-dealkylation sites (tertiary alicyclic amines) is 1. The summed E-state index contributed by atoms with van der Waals surface area (Å²) in [5, 5.41) is 4.71. The fraction of sp³-hybridized carbons (Fsp3) is 0.464. The lowest BCUT2D eigenvalue weighted by Gasteiger charge is -2.28. The van der Waals surface area contributed by atoms with Crippen LogP contribution in [-0.2, 0) is 4.74 Å². The Hall–Kier alpha value is -3.03. The molecule has 0 atom stereocenters.